The number of methoxy groups -OCH3 is 1. The molecule has 1 amide bonds. The molecule has 0 aliphatic carbocycles. The summed E-state index contributed by atoms with van der Waals surface area (Å²) in [6.45, 7) is 0.141. The van der Waals surface area contributed by atoms with Crippen LogP contribution in [-0.4, -0.2) is 13.0 Å². The minimum absolute atomic E-state index is 0.0143. The first-order valence-corrected chi connectivity index (χ1v) is 7.38. The lowest BCUT2D eigenvalue weighted by Crippen LogP contribution is -2.14. The fourth-order valence-electron chi connectivity index (χ4n) is 2.53. The summed E-state index contributed by atoms with van der Waals surface area (Å²) in [5.41, 5.74) is 0.238. The zero-order chi connectivity index (χ0) is 18.0. The second kappa shape index (κ2) is 6.60. The molecule has 7 heteroatoms. The molecule has 1 N–H and O–H groups in total. The number of carbonyl (C=O) groups excluding carboxylic acids is 1. The molecular weight excluding hydrogens is 335 g/mol. The van der Waals surface area contributed by atoms with Gasteiger partial charge in [-0.25, -0.2) is 0 Å². The summed E-state index contributed by atoms with van der Waals surface area (Å²) in [6, 6.07) is 11.5. The summed E-state index contributed by atoms with van der Waals surface area (Å²) in [5.74, 6) is -0.622. The zero-order valence-electron chi connectivity index (χ0n) is 13.2. The Kier molecular flexibility index (Phi) is 4.50. The summed E-state index contributed by atoms with van der Waals surface area (Å²) in [4.78, 5) is 12.5. The van der Waals surface area contributed by atoms with Crippen LogP contribution >= 0.6 is 0 Å². The minimum atomic E-state index is -4.48. The van der Waals surface area contributed by atoms with Crippen molar-refractivity contribution >= 4 is 22.6 Å². The smallest absolute Gasteiger partial charge is 0.416 e. The maximum absolute atomic E-state index is 12.8. The number of para-hydroxylation sites is 1. The van der Waals surface area contributed by atoms with Crippen molar-refractivity contribution in [2.24, 2.45) is 0 Å². The monoisotopic (exact) mass is 349 g/mol. The van der Waals surface area contributed by atoms with Gasteiger partial charge in [-0.1, -0.05) is 24.3 Å². The molecule has 0 fully saturated rings. The Morgan fingerprint density at radius 1 is 1.16 bits per heavy atom. The van der Waals surface area contributed by atoms with E-state index in [0.29, 0.717) is 11.1 Å². The fourth-order valence-corrected chi connectivity index (χ4v) is 2.53. The second-order valence-electron chi connectivity index (χ2n) is 5.37. The summed E-state index contributed by atoms with van der Waals surface area (Å²) >= 11 is 0. The number of anilines is 1. The number of nitrogens with one attached hydrogen (secondary N) is 1. The van der Waals surface area contributed by atoms with Crippen molar-refractivity contribution in [3.05, 3.63) is 65.4 Å². The van der Waals surface area contributed by atoms with E-state index in [2.05, 4.69) is 5.32 Å². The van der Waals surface area contributed by atoms with Gasteiger partial charge in [-0.3, -0.25) is 4.79 Å². The maximum Gasteiger partial charge on any atom is 0.416 e. The second-order valence-corrected chi connectivity index (χ2v) is 5.37. The van der Waals surface area contributed by atoms with E-state index in [0.717, 1.165) is 17.5 Å². The van der Waals surface area contributed by atoms with Crippen LogP contribution in [0.15, 0.2) is 52.9 Å². The molecule has 0 unspecified atom stereocenters. The predicted octanol–water partition coefficient (Wildman–Crippen LogP) is 4.85. The molecule has 0 aliphatic heterocycles. The van der Waals surface area contributed by atoms with Crippen molar-refractivity contribution in [2.75, 3.05) is 12.4 Å². The van der Waals surface area contributed by atoms with E-state index in [9.17, 15) is 18.0 Å². The van der Waals surface area contributed by atoms with Crippen LogP contribution < -0.4 is 5.32 Å². The van der Waals surface area contributed by atoms with Gasteiger partial charge in [0.05, 0.1) is 12.2 Å². The van der Waals surface area contributed by atoms with Crippen molar-refractivity contribution in [3.63, 3.8) is 0 Å². The Hall–Kier alpha value is -2.80. The third-order valence-corrected chi connectivity index (χ3v) is 3.64. The van der Waals surface area contributed by atoms with Gasteiger partial charge in [0.25, 0.3) is 5.91 Å². The number of carbonyl (C=O) groups is 1. The molecule has 0 bridgehead atoms. The Labute approximate surface area is 141 Å². The van der Waals surface area contributed by atoms with E-state index < -0.39 is 17.6 Å². The first-order valence-electron chi connectivity index (χ1n) is 7.38. The van der Waals surface area contributed by atoms with Gasteiger partial charge in [-0.15, -0.1) is 0 Å². The molecule has 0 radical (unpaired) electrons. The van der Waals surface area contributed by atoms with Crippen LogP contribution in [0.4, 0.5) is 18.9 Å². The van der Waals surface area contributed by atoms with E-state index in [1.54, 1.807) is 24.3 Å². The van der Waals surface area contributed by atoms with Crippen LogP contribution in [0, 0.1) is 0 Å². The molecule has 1 heterocycles. The maximum atomic E-state index is 12.8. The highest BCUT2D eigenvalue weighted by molar-refractivity contribution is 6.06. The van der Waals surface area contributed by atoms with Crippen LogP contribution in [0.25, 0.3) is 11.0 Å². The van der Waals surface area contributed by atoms with Crippen molar-refractivity contribution in [1.82, 2.24) is 0 Å². The summed E-state index contributed by atoms with van der Waals surface area (Å²) < 4.78 is 49.0. The summed E-state index contributed by atoms with van der Waals surface area (Å²) in [6.07, 6.45) is -4.48. The van der Waals surface area contributed by atoms with Gasteiger partial charge in [0.2, 0.25) is 0 Å². The van der Waals surface area contributed by atoms with Gasteiger partial charge >= 0.3 is 6.18 Å². The lowest BCUT2D eigenvalue weighted by molar-refractivity contribution is -0.137. The van der Waals surface area contributed by atoms with Crippen molar-refractivity contribution in [3.8, 4) is 0 Å². The topological polar surface area (TPSA) is 51.5 Å². The summed E-state index contributed by atoms with van der Waals surface area (Å²) in [5, 5.41) is 3.16. The molecule has 0 aliphatic rings. The predicted molar refractivity (Wildman–Crippen MR) is 86.3 cm³/mol. The minimum Gasteiger partial charge on any atom is -0.451 e. The van der Waals surface area contributed by atoms with E-state index in [1.807, 2.05) is 0 Å². The van der Waals surface area contributed by atoms with Crippen molar-refractivity contribution < 1.29 is 27.1 Å². The third-order valence-electron chi connectivity index (χ3n) is 3.64. The van der Waals surface area contributed by atoms with Crippen molar-refractivity contribution in [1.29, 1.82) is 0 Å². The van der Waals surface area contributed by atoms with Gasteiger partial charge < -0.3 is 14.5 Å². The van der Waals surface area contributed by atoms with Crippen LogP contribution in [0.3, 0.4) is 0 Å². The average molecular weight is 349 g/mol. The number of benzene rings is 2. The van der Waals surface area contributed by atoms with Gasteiger partial charge in [-0.2, -0.15) is 13.2 Å². The molecule has 3 rings (SSSR count). The van der Waals surface area contributed by atoms with Crippen LogP contribution in [0.2, 0.25) is 0 Å². The molecule has 0 spiro atoms. The van der Waals surface area contributed by atoms with Gasteiger partial charge in [0.1, 0.15) is 5.58 Å². The molecule has 130 valence electrons. The standard InChI is InChI=1S/C18H14F3NO3/c1-24-10-14-13-7-2-3-8-15(13)25-16(14)17(23)22-12-6-4-5-11(9-12)18(19,20)21/h2-9H,10H2,1H3,(H,22,23). The SMILES string of the molecule is COCc1c(C(=O)Nc2cccc(C(F)(F)F)c2)oc2ccccc12. The molecule has 4 nitrogen and oxygen atoms in total. The van der Waals surface area contributed by atoms with Crippen LogP contribution in [0.5, 0.6) is 0 Å². The van der Waals surface area contributed by atoms with Gasteiger partial charge in [0, 0.05) is 23.7 Å². The molecule has 0 saturated heterocycles. The normalized spacial score (nSPS) is 11.7. The molecular formula is C18H14F3NO3. The highest BCUT2D eigenvalue weighted by Crippen LogP contribution is 2.31. The van der Waals surface area contributed by atoms with E-state index in [-0.39, 0.29) is 18.1 Å². The largest absolute Gasteiger partial charge is 0.451 e. The number of halogens is 3. The van der Waals surface area contributed by atoms with Crippen LogP contribution in [-0.2, 0) is 17.5 Å². The molecule has 0 atom stereocenters. The third kappa shape index (κ3) is 3.51. The molecule has 3 aromatic rings. The van der Waals surface area contributed by atoms with Gasteiger partial charge in [0.15, 0.2) is 5.76 Å². The zero-order valence-corrected chi connectivity index (χ0v) is 13.2. The van der Waals surface area contributed by atoms with Crippen LogP contribution in [0.1, 0.15) is 21.7 Å². The molecule has 2 aromatic carbocycles. The number of fused-ring (bicyclic) bond motifs is 1. The Morgan fingerprint density at radius 2 is 1.92 bits per heavy atom. The number of amides is 1. The quantitative estimate of drug-likeness (QED) is 0.732. The van der Waals surface area contributed by atoms with E-state index in [4.69, 9.17) is 9.15 Å². The number of furan rings is 1. The number of rotatable bonds is 4. The first kappa shape index (κ1) is 17.0. The Morgan fingerprint density at radius 3 is 2.64 bits per heavy atom. The van der Waals surface area contributed by atoms with Gasteiger partial charge in [-0.05, 0) is 24.3 Å². The Balaban J connectivity index is 1.94. The molecule has 0 saturated carbocycles. The highest BCUT2D eigenvalue weighted by Gasteiger charge is 2.30. The van der Waals surface area contributed by atoms with E-state index >= 15 is 0 Å². The number of hydrogen-bond donors (Lipinski definition) is 1. The number of alkyl halides is 3. The number of hydrogen-bond acceptors (Lipinski definition) is 3. The molecule has 25 heavy (non-hydrogen) atoms. The average Bonchev–Trinajstić information content (AvgIpc) is 2.94. The van der Waals surface area contributed by atoms with Crippen molar-refractivity contribution in [2.45, 2.75) is 12.8 Å². The fraction of sp³-hybridized carbons (Fsp3) is 0.167. The lowest BCUT2D eigenvalue weighted by atomic mass is 10.1. The lowest BCUT2D eigenvalue weighted by Gasteiger charge is -2.09. The van der Waals surface area contributed by atoms with E-state index in [1.165, 1.54) is 19.2 Å². The Bertz CT molecular complexity index is 915. The molecule has 1 aromatic heterocycles. The highest BCUT2D eigenvalue weighted by atomic mass is 19.4. The number of ether oxygens (including phenoxy) is 1. The summed E-state index contributed by atoms with van der Waals surface area (Å²) in [7, 11) is 1.48. The first-order chi connectivity index (χ1) is 11.9.